The monoisotopic (exact) mass is 1890 g/mol. The maximum absolute atomic E-state index is 5.81. The van der Waals surface area contributed by atoms with Crippen LogP contribution in [0.1, 0.15) is 83.1 Å². The Morgan fingerprint density at radius 1 is 0.348 bits per heavy atom. The Morgan fingerprint density at radius 2 is 0.913 bits per heavy atom. The summed E-state index contributed by atoms with van der Waals surface area (Å²) in [5.41, 5.74) is 65.1. The van der Waals surface area contributed by atoms with Gasteiger partial charge in [-0.3, -0.25) is 10.2 Å². The number of nitrogens with two attached hydrogens (primary N) is 7. The first-order chi connectivity index (χ1) is 66.5. The number of aromatic nitrogens is 19. The number of benzene rings is 6. The zero-order chi connectivity index (χ0) is 97.6. The second-order valence-electron chi connectivity index (χ2n) is 33.1. The molecule has 0 amide bonds. The maximum Gasteiger partial charge on any atom is 0.176 e. The molecule has 24 aromatic rings. The highest BCUT2D eigenvalue weighted by Crippen LogP contribution is 2.32. The number of nitrogens with zero attached hydrogens (tertiary/aromatic N) is 12. The molecule has 0 atom stereocenters. The molecule has 0 bridgehead atoms. The third kappa shape index (κ3) is 26.0. The van der Waals surface area contributed by atoms with Crippen molar-refractivity contribution in [1.29, 1.82) is 0 Å². The normalized spacial score (nSPS) is 11.2. The van der Waals surface area contributed by atoms with Crippen molar-refractivity contribution in [3.05, 3.63) is 338 Å². The fourth-order valence-corrected chi connectivity index (χ4v) is 17.1. The van der Waals surface area contributed by atoms with Crippen LogP contribution >= 0.6 is 34.3 Å². The van der Waals surface area contributed by atoms with Crippen molar-refractivity contribution in [3.63, 3.8) is 0 Å². The lowest BCUT2D eigenvalue weighted by Gasteiger charge is -1.98. The van der Waals surface area contributed by atoms with E-state index in [1.54, 1.807) is 72.1 Å². The number of anilines is 9. The lowest BCUT2D eigenvalue weighted by atomic mass is 10.1. The summed E-state index contributed by atoms with van der Waals surface area (Å²) < 4.78 is 13.0. The molecule has 20 heterocycles. The Kier molecular flexibility index (Phi) is 32.0. The number of hydrogen-bond donors (Lipinski definition) is 16. The van der Waals surface area contributed by atoms with Gasteiger partial charge in [0.05, 0.1) is 50.1 Å². The van der Waals surface area contributed by atoms with Crippen LogP contribution in [0.15, 0.2) is 259 Å². The molecule has 33 heteroatoms. The summed E-state index contributed by atoms with van der Waals surface area (Å²) >= 11 is 9.25. The predicted molar refractivity (Wildman–Crippen MR) is 572 cm³/mol. The minimum atomic E-state index is 0.454. The molecule has 138 heavy (non-hydrogen) atoms. The van der Waals surface area contributed by atoms with Crippen molar-refractivity contribution in [1.82, 2.24) is 95.6 Å². The first-order valence-electron chi connectivity index (χ1n) is 44.3. The van der Waals surface area contributed by atoms with Gasteiger partial charge in [-0.1, -0.05) is 71.3 Å². The molecule has 6 aromatic carbocycles. The quantitative estimate of drug-likeness (QED) is 0.0670. The highest BCUT2D eigenvalue weighted by molar-refractivity contribution is 7.19. The van der Waals surface area contributed by atoms with E-state index < -0.39 is 0 Å². The second kappa shape index (κ2) is 45.3. The van der Waals surface area contributed by atoms with Crippen LogP contribution in [-0.2, 0) is 12.8 Å². The van der Waals surface area contributed by atoms with Gasteiger partial charge in [-0.2, -0.15) is 25.6 Å². The Hall–Kier alpha value is -16.7. The summed E-state index contributed by atoms with van der Waals surface area (Å²) in [5, 5.41) is 41.4. The van der Waals surface area contributed by atoms with Gasteiger partial charge in [-0.15, -0.1) is 22.7 Å². The topological polar surface area (TPSA) is 498 Å². The zero-order valence-electron chi connectivity index (χ0n) is 78.9. The van der Waals surface area contributed by atoms with Crippen LogP contribution in [0.4, 0.5) is 52.1 Å². The number of fused-ring (bicyclic) bond motifs is 13. The summed E-state index contributed by atoms with van der Waals surface area (Å²) in [6.45, 7) is 28.5. The lowest BCUT2D eigenvalue weighted by molar-refractivity contribution is 0.578. The number of nitrogens with one attached hydrogen (secondary N) is 9. The standard InChI is InChI=1S/C9H8ClN.2C9H11N.2C8H9N3.2C8H8N2O.2C8H8N2S.2C8H8N2.C7H8N4.C7H7N3/c1-6-4-7-5-8(10)2-3-9(7)11-6;1-7-2-3-9-8(6-7)4-5-10-9;1-7-2-3-8-4-5-10-9(8)6-7;1-5-4-6-7(11-5)2-3-10-8(6)9;1-5-4-6-2-3-10-8(9)7(6)11-5;1-5-4-6-7(11-5)2-3-10-8(6)9;1-5-4-6-2-3-10-8(9)7(6)11-5;1-5-4-6-7(11-5)2-3-10-8(6)9;1-5-4-6-2-3-10-8(9)7(6)11-5;1-6-2-3-8-7(4-6)5-9-10-8;1-6-2-3-7-5-9-10-8(7)4-6;1-4-10-5-2-3-9-7(8)6(5)11-4;1-5-2-3-6-7(4-5)9-10-8-6/h2-5,11H,1H3;2*2-3,6,10H,4-5H2,1H3;2*2-4,11H,1H3,(H2,9,10);4*2-4H,1H3,(H2,9,10);2*2-5H,1H3,(H,9,10);2-3H,1H3,(H2,8,9)(H,10,11);2-4H,1H3,(H,8,9,10). The van der Waals surface area contributed by atoms with Gasteiger partial charge in [-0.25, -0.2) is 39.9 Å². The summed E-state index contributed by atoms with van der Waals surface area (Å²) in [4.78, 5) is 47.1. The van der Waals surface area contributed by atoms with E-state index in [4.69, 9.17) is 60.6 Å². The van der Waals surface area contributed by atoms with Crippen LogP contribution in [0.5, 0.6) is 0 Å². The molecule has 18 aromatic heterocycles. The minimum Gasteiger partial charge on any atom is -0.461 e. The molecule has 0 fully saturated rings. The third-order valence-electron chi connectivity index (χ3n) is 21.7. The van der Waals surface area contributed by atoms with E-state index in [1.165, 1.54) is 105 Å². The molecule has 0 saturated carbocycles. The number of halogens is 1. The third-order valence-corrected chi connectivity index (χ3v) is 24.0. The molecule has 702 valence electrons. The summed E-state index contributed by atoms with van der Waals surface area (Å²) in [7, 11) is 0. The van der Waals surface area contributed by atoms with Crippen LogP contribution in [0.2, 0.25) is 5.02 Å². The van der Waals surface area contributed by atoms with Gasteiger partial charge in [0, 0.05) is 148 Å². The number of hydrogen-bond acceptors (Lipinski definition) is 25. The van der Waals surface area contributed by atoms with E-state index in [1.807, 2.05) is 164 Å². The zero-order valence-corrected chi connectivity index (χ0v) is 81.3. The van der Waals surface area contributed by atoms with Crippen molar-refractivity contribution in [2.45, 2.75) is 103 Å². The molecule has 2 aliphatic heterocycles. The Labute approximate surface area is 809 Å². The van der Waals surface area contributed by atoms with Crippen LogP contribution in [0, 0.1) is 90.0 Å². The van der Waals surface area contributed by atoms with E-state index in [0.717, 1.165) is 134 Å². The fraction of sp³-hybridized carbons (Fsp3) is 0.162. The van der Waals surface area contributed by atoms with Crippen LogP contribution in [0.3, 0.4) is 0 Å². The highest BCUT2D eigenvalue weighted by atomic mass is 35.5. The van der Waals surface area contributed by atoms with Crippen molar-refractivity contribution < 1.29 is 8.83 Å². The number of thiophene rings is 2. The average Bonchev–Trinajstić information content (AvgIpc) is 1.69. The molecule has 23 N–H and O–H groups in total. The van der Waals surface area contributed by atoms with Crippen molar-refractivity contribution >= 4 is 205 Å². The molecule has 30 nitrogen and oxygen atoms in total. The first-order valence-corrected chi connectivity index (χ1v) is 46.3. The molecular formula is C105H111ClN28O2S2. The number of imidazole rings is 1. The van der Waals surface area contributed by atoms with Gasteiger partial charge in [0.2, 0.25) is 0 Å². The molecule has 0 aliphatic carbocycles. The van der Waals surface area contributed by atoms with E-state index in [-0.39, 0.29) is 0 Å². The number of aryl methyl sites for hydroxylation is 13. The van der Waals surface area contributed by atoms with E-state index in [2.05, 4.69) is 233 Å². The van der Waals surface area contributed by atoms with Gasteiger partial charge < -0.3 is 79.5 Å². The SMILES string of the molecule is Cc1cc2c(N)nccc2[nH]1.Cc1cc2c(N)nccc2o1.Cc1cc2c(N)nccc2s1.Cc1cc2cc(Cl)ccc2[nH]1.Cc1cc2ccnc(N)c2[nH]1.Cc1cc2ccnc(N)c2o1.Cc1cc2ccnc(N)c2s1.Cc1ccc2[nH]ncc2c1.Cc1ccc2c(c1)CCN2.Cc1ccc2c(c1)NCC2.Cc1ccc2cn[nH]c2c1.Cc1ccc2n[nH]nc2c1.Cc1nc2c(N)nccc2[nH]1. The van der Waals surface area contributed by atoms with Crippen molar-refractivity contribution in [3.8, 4) is 0 Å². The van der Waals surface area contributed by atoms with Crippen molar-refractivity contribution in [2.75, 3.05) is 63.9 Å². The average molecular weight is 1900 g/mol. The fourth-order valence-electron chi connectivity index (χ4n) is 15.1. The largest absolute Gasteiger partial charge is 0.461 e. The number of nitrogen functional groups attached to an aromatic ring is 7. The van der Waals surface area contributed by atoms with Gasteiger partial charge in [-0.05, 0) is 282 Å². The van der Waals surface area contributed by atoms with E-state index in [9.17, 15) is 0 Å². The highest BCUT2D eigenvalue weighted by Gasteiger charge is 2.13. The van der Waals surface area contributed by atoms with Gasteiger partial charge in [0.25, 0.3) is 0 Å². The lowest BCUT2D eigenvalue weighted by Crippen LogP contribution is -1.90. The maximum atomic E-state index is 5.81. The van der Waals surface area contributed by atoms with E-state index in [0.29, 0.717) is 46.3 Å². The number of rotatable bonds is 0. The van der Waals surface area contributed by atoms with Crippen molar-refractivity contribution in [2.24, 2.45) is 0 Å². The molecule has 0 unspecified atom stereocenters. The smallest absolute Gasteiger partial charge is 0.176 e. The molecule has 2 aliphatic rings. The number of pyridine rings is 7. The number of aromatic amines is 7. The molecule has 26 rings (SSSR count). The molecule has 0 spiro atoms. The molecular weight excluding hydrogens is 1780 g/mol. The number of furan rings is 2. The van der Waals surface area contributed by atoms with Crippen LogP contribution in [0.25, 0.3) is 119 Å². The minimum absolute atomic E-state index is 0.454. The van der Waals surface area contributed by atoms with Gasteiger partial charge >= 0.3 is 0 Å². The Balaban J connectivity index is 0.000000119. The second-order valence-corrected chi connectivity index (χ2v) is 36.1. The molecule has 0 radical (unpaired) electrons. The Morgan fingerprint density at radius 3 is 1.66 bits per heavy atom. The van der Waals surface area contributed by atoms with E-state index >= 15 is 0 Å². The Bertz CT molecular complexity index is 7210. The van der Waals surface area contributed by atoms with Gasteiger partial charge in [0.1, 0.15) is 68.6 Å². The first kappa shape index (κ1) is 97.3. The summed E-state index contributed by atoms with van der Waals surface area (Å²) in [5.74, 6) is 6.47. The van der Waals surface area contributed by atoms with Crippen LogP contribution < -0.4 is 50.8 Å². The van der Waals surface area contributed by atoms with Gasteiger partial charge in [0.15, 0.2) is 17.2 Å². The molecule has 0 saturated heterocycles. The predicted octanol–water partition coefficient (Wildman–Crippen LogP) is 23.6. The number of H-pyrrole nitrogens is 7. The summed E-state index contributed by atoms with van der Waals surface area (Å²) in [6, 6.07) is 64.9. The summed E-state index contributed by atoms with van der Waals surface area (Å²) in [6.07, 6.45) is 17.9. The van der Waals surface area contributed by atoms with Crippen LogP contribution in [-0.4, -0.2) is 109 Å².